The van der Waals surface area contributed by atoms with E-state index in [2.05, 4.69) is 76.1 Å². The second kappa shape index (κ2) is 7.47. The molecule has 0 spiro atoms. The van der Waals surface area contributed by atoms with Gasteiger partial charge in [-0.15, -0.1) is 11.8 Å². The summed E-state index contributed by atoms with van der Waals surface area (Å²) in [6, 6.07) is 9.29. The van der Waals surface area contributed by atoms with Gasteiger partial charge in [0.15, 0.2) is 0 Å². The molecule has 0 radical (unpaired) electrons. The fraction of sp³-hybridized carbons (Fsp3) is 0.438. The summed E-state index contributed by atoms with van der Waals surface area (Å²) in [5.41, 5.74) is 2.51. The minimum Gasteiger partial charge on any atom is -0.311 e. The van der Waals surface area contributed by atoms with Crippen LogP contribution in [0.3, 0.4) is 0 Å². The standard InChI is InChI=1S/C16H22BrN3S/c1-11(2)20-16(14(17)9-19-20)15(18-4)10-21-13-7-5-12(3)6-8-13/h5-9,11,15,18H,10H2,1-4H3. The highest BCUT2D eigenvalue weighted by atomic mass is 79.9. The molecule has 0 fully saturated rings. The van der Waals surface area contributed by atoms with E-state index in [0.717, 1.165) is 10.2 Å². The number of benzene rings is 1. The Kier molecular flexibility index (Phi) is 5.90. The number of nitrogens with zero attached hydrogens (tertiary/aromatic N) is 2. The zero-order valence-corrected chi connectivity index (χ0v) is 15.3. The lowest BCUT2D eigenvalue weighted by atomic mass is 10.2. The van der Waals surface area contributed by atoms with Crippen LogP contribution < -0.4 is 5.32 Å². The molecule has 1 heterocycles. The van der Waals surface area contributed by atoms with E-state index in [-0.39, 0.29) is 6.04 Å². The van der Waals surface area contributed by atoms with Crippen molar-refractivity contribution >= 4 is 27.7 Å². The largest absolute Gasteiger partial charge is 0.311 e. The molecule has 2 aromatic rings. The minimum absolute atomic E-state index is 0.260. The molecule has 2 rings (SSSR count). The summed E-state index contributed by atoms with van der Waals surface area (Å²) in [6.07, 6.45) is 1.89. The smallest absolute Gasteiger partial charge is 0.0707 e. The van der Waals surface area contributed by atoms with E-state index in [0.29, 0.717) is 6.04 Å². The monoisotopic (exact) mass is 367 g/mol. The van der Waals surface area contributed by atoms with E-state index in [1.807, 2.05) is 25.0 Å². The quantitative estimate of drug-likeness (QED) is 0.757. The molecule has 0 aliphatic heterocycles. The Balaban J connectivity index is 2.13. The van der Waals surface area contributed by atoms with Gasteiger partial charge in [-0.3, -0.25) is 4.68 Å². The summed E-state index contributed by atoms with van der Waals surface area (Å²) in [7, 11) is 2.00. The molecule has 114 valence electrons. The maximum atomic E-state index is 4.47. The van der Waals surface area contributed by atoms with Crippen LogP contribution in [0, 0.1) is 6.92 Å². The number of hydrogen-bond acceptors (Lipinski definition) is 3. The van der Waals surface area contributed by atoms with Crippen molar-refractivity contribution in [2.75, 3.05) is 12.8 Å². The summed E-state index contributed by atoms with van der Waals surface area (Å²) in [4.78, 5) is 1.30. The Hall–Kier alpha value is -0.780. The average molecular weight is 368 g/mol. The topological polar surface area (TPSA) is 29.9 Å². The summed E-state index contributed by atoms with van der Waals surface area (Å²) in [6.45, 7) is 6.43. The lowest BCUT2D eigenvalue weighted by molar-refractivity contribution is 0.476. The summed E-state index contributed by atoms with van der Waals surface area (Å²) >= 11 is 5.49. The van der Waals surface area contributed by atoms with Crippen molar-refractivity contribution in [1.29, 1.82) is 0 Å². The highest BCUT2D eigenvalue weighted by Gasteiger charge is 2.20. The maximum Gasteiger partial charge on any atom is 0.0707 e. The van der Waals surface area contributed by atoms with Crippen LogP contribution in [0.25, 0.3) is 0 Å². The number of aromatic nitrogens is 2. The second-order valence-electron chi connectivity index (χ2n) is 5.38. The molecule has 1 N–H and O–H groups in total. The van der Waals surface area contributed by atoms with Crippen molar-refractivity contribution in [3.8, 4) is 0 Å². The molecule has 0 aliphatic carbocycles. The lowest BCUT2D eigenvalue weighted by Crippen LogP contribution is -2.23. The molecule has 21 heavy (non-hydrogen) atoms. The van der Waals surface area contributed by atoms with Gasteiger partial charge in [0.05, 0.1) is 22.4 Å². The molecule has 0 saturated heterocycles. The van der Waals surface area contributed by atoms with Gasteiger partial charge in [-0.2, -0.15) is 5.10 Å². The van der Waals surface area contributed by atoms with Crippen molar-refractivity contribution in [2.24, 2.45) is 0 Å². The number of nitrogens with one attached hydrogen (secondary N) is 1. The molecule has 1 atom stereocenters. The van der Waals surface area contributed by atoms with Crippen LogP contribution in [-0.2, 0) is 0 Å². The van der Waals surface area contributed by atoms with Crippen LogP contribution in [0.2, 0.25) is 0 Å². The third kappa shape index (κ3) is 4.11. The third-order valence-electron chi connectivity index (χ3n) is 3.39. The van der Waals surface area contributed by atoms with Gasteiger partial charge in [-0.05, 0) is 55.9 Å². The molecule has 5 heteroatoms. The van der Waals surface area contributed by atoms with E-state index >= 15 is 0 Å². The van der Waals surface area contributed by atoms with Crippen LogP contribution in [-0.4, -0.2) is 22.6 Å². The Morgan fingerprint density at radius 1 is 1.29 bits per heavy atom. The Morgan fingerprint density at radius 2 is 1.95 bits per heavy atom. The predicted octanol–water partition coefficient (Wildman–Crippen LogP) is 4.59. The molecule has 1 unspecified atom stereocenters. The van der Waals surface area contributed by atoms with Crippen LogP contribution in [0.5, 0.6) is 0 Å². The number of halogens is 1. The van der Waals surface area contributed by atoms with Gasteiger partial charge in [0.1, 0.15) is 0 Å². The Bertz CT molecular complexity index is 578. The number of aryl methyl sites for hydroxylation is 1. The number of thioether (sulfide) groups is 1. The van der Waals surface area contributed by atoms with Crippen LogP contribution in [0.4, 0.5) is 0 Å². The zero-order valence-electron chi connectivity index (χ0n) is 12.9. The lowest BCUT2D eigenvalue weighted by Gasteiger charge is -2.20. The molecule has 1 aromatic carbocycles. The van der Waals surface area contributed by atoms with Crippen LogP contribution >= 0.6 is 27.7 Å². The normalized spacial score (nSPS) is 12.9. The second-order valence-corrected chi connectivity index (χ2v) is 7.33. The zero-order chi connectivity index (χ0) is 15.4. The highest BCUT2D eigenvalue weighted by molar-refractivity contribution is 9.10. The van der Waals surface area contributed by atoms with E-state index in [1.54, 1.807) is 0 Å². The summed E-state index contributed by atoms with van der Waals surface area (Å²) < 4.78 is 3.15. The van der Waals surface area contributed by atoms with Crippen molar-refractivity contribution < 1.29 is 0 Å². The molecular weight excluding hydrogens is 346 g/mol. The molecule has 3 nitrogen and oxygen atoms in total. The van der Waals surface area contributed by atoms with Gasteiger partial charge in [-0.1, -0.05) is 17.7 Å². The molecular formula is C16H22BrN3S. The van der Waals surface area contributed by atoms with Crippen molar-refractivity contribution in [2.45, 2.75) is 37.8 Å². The van der Waals surface area contributed by atoms with Gasteiger partial charge in [0, 0.05) is 16.7 Å². The van der Waals surface area contributed by atoms with Gasteiger partial charge in [0.2, 0.25) is 0 Å². The number of rotatable bonds is 6. The molecule has 0 amide bonds. The SMILES string of the molecule is CNC(CSc1ccc(C)cc1)c1c(Br)cnn1C(C)C. The van der Waals surface area contributed by atoms with Crippen LogP contribution in [0.15, 0.2) is 39.8 Å². The van der Waals surface area contributed by atoms with Crippen LogP contribution in [0.1, 0.15) is 37.2 Å². The summed E-state index contributed by atoms with van der Waals surface area (Å²) in [5, 5.41) is 7.88. The van der Waals surface area contributed by atoms with E-state index in [4.69, 9.17) is 0 Å². The third-order valence-corrected chi connectivity index (χ3v) is 5.11. The molecule has 0 saturated carbocycles. The number of hydrogen-bond donors (Lipinski definition) is 1. The van der Waals surface area contributed by atoms with Gasteiger partial charge < -0.3 is 5.32 Å². The predicted molar refractivity (Wildman–Crippen MR) is 94.0 cm³/mol. The van der Waals surface area contributed by atoms with E-state index < -0.39 is 0 Å². The molecule has 1 aromatic heterocycles. The first-order valence-corrected chi connectivity index (χ1v) is 8.90. The Labute approximate surface area is 139 Å². The fourth-order valence-corrected chi connectivity index (χ4v) is 3.76. The first kappa shape index (κ1) is 16.6. The van der Waals surface area contributed by atoms with Crippen molar-refractivity contribution in [1.82, 2.24) is 15.1 Å². The fourth-order valence-electron chi connectivity index (χ4n) is 2.20. The van der Waals surface area contributed by atoms with E-state index in [9.17, 15) is 0 Å². The van der Waals surface area contributed by atoms with Gasteiger partial charge in [-0.25, -0.2) is 0 Å². The average Bonchev–Trinajstić information content (AvgIpc) is 2.84. The Morgan fingerprint density at radius 3 is 2.52 bits per heavy atom. The van der Waals surface area contributed by atoms with Crippen molar-refractivity contribution in [3.05, 3.63) is 46.2 Å². The minimum atomic E-state index is 0.260. The first-order valence-electron chi connectivity index (χ1n) is 7.12. The molecule has 0 bridgehead atoms. The van der Waals surface area contributed by atoms with Gasteiger partial charge >= 0.3 is 0 Å². The van der Waals surface area contributed by atoms with Gasteiger partial charge in [0.25, 0.3) is 0 Å². The van der Waals surface area contributed by atoms with E-state index in [1.165, 1.54) is 16.2 Å². The van der Waals surface area contributed by atoms with Crippen molar-refractivity contribution in [3.63, 3.8) is 0 Å². The molecule has 0 aliphatic rings. The highest BCUT2D eigenvalue weighted by Crippen LogP contribution is 2.30. The maximum absolute atomic E-state index is 4.47. The first-order chi connectivity index (χ1) is 10.0. The summed E-state index contributed by atoms with van der Waals surface area (Å²) in [5.74, 6) is 0.969.